The van der Waals surface area contributed by atoms with Crippen molar-refractivity contribution < 1.29 is 14.7 Å². The van der Waals surface area contributed by atoms with Gasteiger partial charge in [-0.1, -0.05) is 5.92 Å². The van der Waals surface area contributed by atoms with Crippen LogP contribution in [0.1, 0.15) is 28.3 Å². The molecular formula is C14H17N3O3S. The Labute approximate surface area is 127 Å². The van der Waals surface area contributed by atoms with Crippen LogP contribution in [0.3, 0.4) is 0 Å². The van der Waals surface area contributed by atoms with Crippen molar-refractivity contribution in [1.29, 1.82) is 0 Å². The molecular weight excluding hydrogens is 290 g/mol. The Kier molecular flexibility index (Phi) is 5.17. The van der Waals surface area contributed by atoms with Crippen molar-refractivity contribution in [2.45, 2.75) is 19.3 Å². The Morgan fingerprint density at radius 2 is 2.33 bits per heavy atom. The molecule has 2 N–H and O–H groups in total. The van der Waals surface area contributed by atoms with Crippen molar-refractivity contribution in [2.24, 2.45) is 5.92 Å². The molecule has 1 aliphatic carbocycles. The number of hydrogen-bond donors (Lipinski definition) is 2. The summed E-state index contributed by atoms with van der Waals surface area (Å²) in [6, 6.07) is -0.171. The Balaban J connectivity index is 1.76. The third-order valence-corrected chi connectivity index (χ3v) is 4.04. The maximum atomic E-state index is 12.0. The molecule has 0 spiro atoms. The standard InChI is InChI=1S/C14H17N3O3S/c1-2-7-17(8-10-3-4-10)14(20)15-6-5-12-16-11(9-21-12)13(18)19/h1,9-10H,3-8H2,(H,15,20)(H,18,19). The summed E-state index contributed by atoms with van der Waals surface area (Å²) in [5.41, 5.74) is 0.0454. The van der Waals surface area contributed by atoms with E-state index in [0.717, 1.165) is 12.8 Å². The lowest BCUT2D eigenvalue weighted by Crippen LogP contribution is -2.42. The summed E-state index contributed by atoms with van der Waals surface area (Å²) in [6.07, 6.45) is 8.11. The zero-order valence-electron chi connectivity index (χ0n) is 11.5. The Hall–Kier alpha value is -2.07. The van der Waals surface area contributed by atoms with Gasteiger partial charge in [0.05, 0.1) is 11.6 Å². The molecule has 0 aromatic carbocycles. The summed E-state index contributed by atoms with van der Waals surface area (Å²) in [5, 5.41) is 13.8. The van der Waals surface area contributed by atoms with E-state index in [0.29, 0.717) is 37.0 Å². The van der Waals surface area contributed by atoms with Gasteiger partial charge < -0.3 is 15.3 Å². The molecule has 1 heterocycles. The minimum Gasteiger partial charge on any atom is -0.476 e. The van der Waals surface area contributed by atoms with Gasteiger partial charge in [0.2, 0.25) is 0 Å². The lowest BCUT2D eigenvalue weighted by Gasteiger charge is -2.20. The van der Waals surface area contributed by atoms with Crippen molar-refractivity contribution >= 4 is 23.3 Å². The maximum Gasteiger partial charge on any atom is 0.355 e. The van der Waals surface area contributed by atoms with Gasteiger partial charge in [0.25, 0.3) is 0 Å². The fourth-order valence-electron chi connectivity index (χ4n) is 1.85. The summed E-state index contributed by atoms with van der Waals surface area (Å²) in [5.74, 6) is 2.04. The van der Waals surface area contributed by atoms with E-state index in [9.17, 15) is 9.59 Å². The van der Waals surface area contributed by atoms with Crippen LogP contribution >= 0.6 is 11.3 Å². The Morgan fingerprint density at radius 1 is 1.57 bits per heavy atom. The van der Waals surface area contributed by atoms with Crippen LogP contribution in [-0.2, 0) is 6.42 Å². The first-order valence-corrected chi connectivity index (χ1v) is 7.62. The van der Waals surface area contributed by atoms with Crippen molar-refractivity contribution in [3.05, 3.63) is 16.1 Å². The quantitative estimate of drug-likeness (QED) is 0.747. The van der Waals surface area contributed by atoms with Crippen molar-refractivity contribution in [2.75, 3.05) is 19.6 Å². The summed E-state index contributed by atoms with van der Waals surface area (Å²) in [4.78, 5) is 28.3. The number of nitrogens with zero attached hydrogens (tertiary/aromatic N) is 2. The van der Waals surface area contributed by atoms with Crippen molar-refractivity contribution in [3.8, 4) is 12.3 Å². The number of aromatic nitrogens is 1. The average molecular weight is 307 g/mol. The van der Waals surface area contributed by atoms with Crippen molar-refractivity contribution in [1.82, 2.24) is 15.2 Å². The highest BCUT2D eigenvalue weighted by atomic mass is 32.1. The first-order chi connectivity index (χ1) is 10.1. The molecule has 21 heavy (non-hydrogen) atoms. The number of carbonyl (C=O) groups is 2. The molecule has 0 bridgehead atoms. The SMILES string of the molecule is C#CCN(CC1CC1)C(=O)NCCc1nc(C(=O)O)cs1. The van der Waals surface area contributed by atoms with Crippen LogP contribution in [-0.4, -0.2) is 46.6 Å². The monoisotopic (exact) mass is 307 g/mol. The van der Waals surface area contributed by atoms with Gasteiger partial charge in [-0.15, -0.1) is 17.8 Å². The minimum atomic E-state index is -1.04. The average Bonchev–Trinajstić information content (AvgIpc) is 3.13. The number of carboxylic acids is 1. The van der Waals surface area contributed by atoms with E-state index in [-0.39, 0.29) is 11.7 Å². The lowest BCUT2D eigenvalue weighted by atomic mass is 10.3. The molecule has 1 aromatic heterocycles. The van der Waals surface area contributed by atoms with Gasteiger partial charge >= 0.3 is 12.0 Å². The van der Waals surface area contributed by atoms with Gasteiger partial charge in [-0.3, -0.25) is 0 Å². The van der Waals surface area contributed by atoms with Crippen LogP contribution < -0.4 is 5.32 Å². The number of terminal acetylenes is 1. The van der Waals surface area contributed by atoms with Crippen LogP contribution in [0.2, 0.25) is 0 Å². The summed E-state index contributed by atoms with van der Waals surface area (Å²) < 4.78 is 0. The van der Waals surface area contributed by atoms with E-state index in [2.05, 4.69) is 16.2 Å². The molecule has 0 aliphatic heterocycles. The van der Waals surface area contributed by atoms with E-state index in [4.69, 9.17) is 11.5 Å². The lowest BCUT2D eigenvalue weighted by molar-refractivity contribution is 0.0691. The van der Waals surface area contributed by atoms with Crippen LogP contribution in [0, 0.1) is 18.3 Å². The molecule has 7 heteroatoms. The smallest absolute Gasteiger partial charge is 0.355 e. The molecule has 1 aliphatic rings. The summed E-state index contributed by atoms with van der Waals surface area (Å²) in [6.45, 7) is 1.43. The maximum absolute atomic E-state index is 12.0. The number of rotatable bonds is 7. The highest BCUT2D eigenvalue weighted by molar-refractivity contribution is 7.09. The molecule has 0 atom stereocenters. The van der Waals surface area contributed by atoms with Gasteiger partial charge in [-0.2, -0.15) is 0 Å². The third-order valence-electron chi connectivity index (χ3n) is 3.13. The number of nitrogens with one attached hydrogen (secondary N) is 1. The number of carbonyl (C=O) groups excluding carboxylic acids is 1. The number of aromatic carboxylic acids is 1. The molecule has 0 saturated heterocycles. The topological polar surface area (TPSA) is 82.5 Å². The zero-order valence-corrected chi connectivity index (χ0v) is 12.4. The predicted molar refractivity (Wildman–Crippen MR) is 79.3 cm³/mol. The molecule has 2 rings (SSSR count). The molecule has 1 saturated carbocycles. The molecule has 2 amide bonds. The van der Waals surface area contributed by atoms with E-state index in [1.54, 1.807) is 4.90 Å². The number of amides is 2. The third kappa shape index (κ3) is 4.76. The van der Waals surface area contributed by atoms with Crippen molar-refractivity contribution in [3.63, 3.8) is 0 Å². The normalized spacial score (nSPS) is 13.5. The van der Waals surface area contributed by atoms with Crippen LogP contribution in [0.5, 0.6) is 0 Å². The summed E-state index contributed by atoms with van der Waals surface area (Å²) in [7, 11) is 0. The first kappa shape index (κ1) is 15.3. The van der Waals surface area contributed by atoms with Gasteiger partial charge in [-0.05, 0) is 18.8 Å². The largest absolute Gasteiger partial charge is 0.476 e. The van der Waals surface area contributed by atoms with E-state index in [1.807, 2.05) is 0 Å². The predicted octanol–water partition coefficient (Wildman–Crippen LogP) is 1.44. The van der Waals surface area contributed by atoms with E-state index < -0.39 is 5.97 Å². The molecule has 1 aromatic rings. The van der Waals surface area contributed by atoms with Crippen LogP contribution in [0.25, 0.3) is 0 Å². The summed E-state index contributed by atoms with van der Waals surface area (Å²) >= 11 is 1.28. The highest BCUT2D eigenvalue weighted by Gasteiger charge is 2.26. The molecule has 1 fully saturated rings. The fraction of sp³-hybridized carbons (Fsp3) is 0.500. The Morgan fingerprint density at radius 3 is 2.90 bits per heavy atom. The minimum absolute atomic E-state index is 0.0454. The second-order valence-corrected chi connectivity index (χ2v) is 5.88. The van der Waals surface area contributed by atoms with Crippen LogP contribution in [0.15, 0.2) is 5.38 Å². The Bertz CT molecular complexity index is 560. The molecule has 0 radical (unpaired) electrons. The fourth-order valence-corrected chi connectivity index (χ4v) is 2.63. The second-order valence-electron chi connectivity index (χ2n) is 4.94. The number of hydrogen-bond acceptors (Lipinski definition) is 4. The van der Waals surface area contributed by atoms with Gasteiger partial charge in [-0.25, -0.2) is 14.6 Å². The highest BCUT2D eigenvalue weighted by Crippen LogP contribution is 2.29. The van der Waals surface area contributed by atoms with Gasteiger partial charge in [0.15, 0.2) is 5.69 Å². The van der Waals surface area contributed by atoms with Crippen LogP contribution in [0.4, 0.5) is 4.79 Å². The number of urea groups is 1. The van der Waals surface area contributed by atoms with E-state index >= 15 is 0 Å². The number of carboxylic acid groups (broad SMARTS) is 1. The molecule has 6 nitrogen and oxygen atoms in total. The van der Waals surface area contributed by atoms with Gasteiger partial charge in [0, 0.05) is 24.9 Å². The zero-order chi connectivity index (χ0) is 15.2. The second kappa shape index (κ2) is 7.09. The molecule has 112 valence electrons. The molecule has 0 unspecified atom stereocenters. The van der Waals surface area contributed by atoms with Gasteiger partial charge in [0.1, 0.15) is 0 Å². The number of thiazole rings is 1. The van der Waals surface area contributed by atoms with E-state index in [1.165, 1.54) is 16.7 Å². The first-order valence-electron chi connectivity index (χ1n) is 6.74.